The molecule has 34 heavy (non-hydrogen) atoms. The molecule has 0 aliphatic carbocycles. The second-order valence-electron chi connectivity index (χ2n) is 8.71. The van der Waals surface area contributed by atoms with Crippen LogP contribution >= 0.6 is 11.3 Å². The fourth-order valence-corrected chi connectivity index (χ4v) is 7.34. The van der Waals surface area contributed by atoms with Gasteiger partial charge in [0, 0.05) is 50.7 Å². The molecule has 188 valence electrons. The van der Waals surface area contributed by atoms with Crippen LogP contribution in [0.2, 0.25) is 0 Å². The third-order valence-corrected chi connectivity index (χ3v) is 9.46. The number of amides is 1. The van der Waals surface area contributed by atoms with Crippen molar-refractivity contribution in [2.24, 2.45) is 0 Å². The fourth-order valence-electron chi connectivity index (χ4n) is 4.27. The molecule has 0 atom stereocenters. The lowest BCUT2D eigenvalue weighted by atomic mass is 10.3. The van der Waals surface area contributed by atoms with Crippen LogP contribution in [0.15, 0.2) is 16.0 Å². The summed E-state index contributed by atoms with van der Waals surface area (Å²) in [4.78, 5) is 35.5. The molecule has 2 aliphatic rings. The van der Waals surface area contributed by atoms with E-state index in [0.29, 0.717) is 29.5 Å². The Morgan fingerprint density at radius 2 is 1.88 bits per heavy atom. The number of fused-ring (bicyclic) bond motifs is 1. The van der Waals surface area contributed by atoms with Gasteiger partial charge in [-0.25, -0.2) is 13.4 Å². The summed E-state index contributed by atoms with van der Waals surface area (Å²) >= 11 is 1.17. The monoisotopic (exact) mass is 512 g/mol. The number of morpholine rings is 1. The van der Waals surface area contributed by atoms with Gasteiger partial charge in [0.15, 0.2) is 0 Å². The molecule has 2 saturated heterocycles. The highest BCUT2D eigenvalue weighted by molar-refractivity contribution is 7.89. The normalized spacial score (nSPS) is 19.0. The molecule has 0 saturated carbocycles. The highest BCUT2D eigenvalue weighted by Crippen LogP contribution is 2.33. The summed E-state index contributed by atoms with van der Waals surface area (Å²) in [6.45, 7) is 8.18. The Morgan fingerprint density at radius 3 is 2.59 bits per heavy atom. The van der Waals surface area contributed by atoms with E-state index in [1.54, 1.807) is 6.92 Å². The van der Waals surface area contributed by atoms with Crippen molar-refractivity contribution >= 4 is 37.5 Å². The summed E-state index contributed by atoms with van der Waals surface area (Å²) in [5.74, 6) is -0.300. The Hall–Kier alpha value is -1.90. The molecule has 4 rings (SSSR count). The SMILES string of the molecule is Cc1sc2ncn(CC(=O)NCCCN3CCN(C)CC3)c(=O)c2c1S(=O)(=O)N1CCOCC1. The van der Waals surface area contributed by atoms with Gasteiger partial charge in [0.05, 0.1) is 24.9 Å². The molecule has 0 bridgehead atoms. The Bertz CT molecular complexity index is 1180. The zero-order valence-corrected chi connectivity index (χ0v) is 21.3. The smallest absolute Gasteiger partial charge is 0.263 e. The van der Waals surface area contributed by atoms with E-state index < -0.39 is 15.6 Å². The van der Waals surface area contributed by atoms with Crippen molar-refractivity contribution in [1.29, 1.82) is 0 Å². The predicted molar refractivity (Wildman–Crippen MR) is 130 cm³/mol. The Labute approximate surface area is 203 Å². The van der Waals surface area contributed by atoms with Gasteiger partial charge < -0.3 is 19.9 Å². The minimum Gasteiger partial charge on any atom is -0.379 e. The van der Waals surface area contributed by atoms with Crippen LogP contribution in [0.25, 0.3) is 10.2 Å². The topological polar surface area (TPSA) is 117 Å². The number of aryl methyl sites for hydroxylation is 1. The van der Waals surface area contributed by atoms with Gasteiger partial charge >= 0.3 is 0 Å². The molecule has 1 amide bonds. The maximum Gasteiger partial charge on any atom is 0.263 e. The zero-order chi connectivity index (χ0) is 24.3. The average molecular weight is 513 g/mol. The number of hydrogen-bond donors (Lipinski definition) is 1. The Kier molecular flexibility index (Phi) is 8.00. The maximum atomic E-state index is 13.3. The summed E-state index contributed by atoms with van der Waals surface area (Å²) in [6, 6.07) is 0. The fraction of sp³-hybridized carbons (Fsp3) is 0.667. The van der Waals surface area contributed by atoms with E-state index in [1.807, 2.05) is 0 Å². The van der Waals surface area contributed by atoms with Crippen molar-refractivity contribution in [3.05, 3.63) is 21.6 Å². The van der Waals surface area contributed by atoms with Crippen LogP contribution in [0.3, 0.4) is 0 Å². The van der Waals surface area contributed by atoms with Crippen molar-refractivity contribution in [3.63, 3.8) is 0 Å². The number of ether oxygens (including phenoxy) is 1. The lowest BCUT2D eigenvalue weighted by Crippen LogP contribution is -2.45. The van der Waals surface area contributed by atoms with Crippen LogP contribution in [0.1, 0.15) is 11.3 Å². The number of sulfonamides is 1. The predicted octanol–water partition coefficient (Wildman–Crippen LogP) is -0.459. The molecule has 4 heterocycles. The third kappa shape index (κ3) is 5.50. The average Bonchev–Trinajstić information content (AvgIpc) is 3.18. The molecule has 2 aromatic heterocycles. The number of carbonyl (C=O) groups is 1. The number of thiophene rings is 1. The highest BCUT2D eigenvalue weighted by atomic mass is 32.2. The number of rotatable bonds is 8. The zero-order valence-electron chi connectivity index (χ0n) is 19.7. The lowest BCUT2D eigenvalue weighted by Gasteiger charge is -2.32. The van der Waals surface area contributed by atoms with E-state index in [-0.39, 0.29) is 35.8 Å². The number of likely N-dealkylation sites (N-methyl/N-ethyl adjacent to an activating group) is 1. The Balaban J connectivity index is 1.43. The molecule has 2 aromatic rings. The van der Waals surface area contributed by atoms with E-state index >= 15 is 0 Å². The highest BCUT2D eigenvalue weighted by Gasteiger charge is 2.32. The number of nitrogens with zero attached hydrogens (tertiary/aromatic N) is 5. The lowest BCUT2D eigenvalue weighted by molar-refractivity contribution is -0.121. The molecule has 0 radical (unpaired) electrons. The molecular weight excluding hydrogens is 480 g/mol. The molecular formula is C21H32N6O5S2. The molecule has 0 spiro atoms. The summed E-state index contributed by atoms with van der Waals surface area (Å²) in [5, 5.41) is 2.91. The Morgan fingerprint density at radius 1 is 1.18 bits per heavy atom. The first-order valence-corrected chi connectivity index (χ1v) is 13.8. The van der Waals surface area contributed by atoms with Crippen LogP contribution in [0.5, 0.6) is 0 Å². The maximum absolute atomic E-state index is 13.3. The van der Waals surface area contributed by atoms with Crippen LogP contribution in [-0.4, -0.2) is 111 Å². The quantitative estimate of drug-likeness (QED) is 0.473. The molecule has 2 fully saturated rings. The molecule has 1 N–H and O–H groups in total. The standard InChI is InChI=1S/C21H32N6O5S2/c1-16-19(34(30,31)27-10-12-32-13-11-27)18-20(33-16)23-15-26(21(18)29)14-17(28)22-4-3-5-25-8-6-24(2)7-9-25/h15H,3-14H2,1-2H3,(H,22,28). The van der Waals surface area contributed by atoms with Crippen molar-refractivity contribution < 1.29 is 17.9 Å². The van der Waals surface area contributed by atoms with E-state index in [2.05, 4.69) is 27.1 Å². The number of aromatic nitrogens is 2. The first kappa shape index (κ1) is 25.2. The third-order valence-electron chi connectivity index (χ3n) is 6.25. The summed E-state index contributed by atoms with van der Waals surface area (Å²) < 4.78 is 34.4. The second kappa shape index (κ2) is 10.8. The van der Waals surface area contributed by atoms with Crippen LogP contribution in [0.4, 0.5) is 0 Å². The van der Waals surface area contributed by atoms with Crippen molar-refractivity contribution in [2.45, 2.75) is 24.8 Å². The molecule has 2 aliphatic heterocycles. The van der Waals surface area contributed by atoms with E-state index in [0.717, 1.165) is 39.1 Å². The van der Waals surface area contributed by atoms with Gasteiger partial charge in [-0.1, -0.05) is 0 Å². The molecule has 0 unspecified atom stereocenters. The summed E-state index contributed by atoms with van der Waals surface area (Å²) in [6.07, 6.45) is 2.14. The van der Waals surface area contributed by atoms with Crippen LogP contribution < -0.4 is 10.9 Å². The number of hydrogen-bond acceptors (Lipinski definition) is 9. The van der Waals surface area contributed by atoms with Crippen molar-refractivity contribution in [3.8, 4) is 0 Å². The van der Waals surface area contributed by atoms with Gasteiger partial charge in [0.1, 0.15) is 16.3 Å². The van der Waals surface area contributed by atoms with Gasteiger partial charge in [-0.15, -0.1) is 11.3 Å². The largest absolute Gasteiger partial charge is 0.379 e. The van der Waals surface area contributed by atoms with Crippen LogP contribution in [0, 0.1) is 6.92 Å². The minimum absolute atomic E-state index is 0.00571. The van der Waals surface area contributed by atoms with Crippen molar-refractivity contribution in [2.75, 3.05) is 72.6 Å². The second-order valence-corrected chi connectivity index (χ2v) is 11.8. The molecule has 11 nitrogen and oxygen atoms in total. The van der Waals surface area contributed by atoms with Crippen molar-refractivity contribution in [1.82, 2.24) is 29.0 Å². The summed E-state index contributed by atoms with van der Waals surface area (Å²) in [7, 11) is -1.76. The summed E-state index contributed by atoms with van der Waals surface area (Å²) in [5.41, 5.74) is -0.520. The van der Waals surface area contributed by atoms with E-state index in [9.17, 15) is 18.0 Å². The minimum atomic E-state index is -3.87. The van der Waals surface area contributed by atoms with Crippen LogP contribution in [-0.2, 0) is 26.1 Å². The first-order chi connectivity index (χ1) is 16.3. The van der Waals surface area contributed by atoms with Gasteiger partial charge in [0.2, 0.25) is 15.9 Å². The van der Waals surface area contributed by atoms with E-state index in [1.165, 1.54) is 26.5 Å². The first-order valence-electron chi connectivity index (χ1n) is 11.5. The van der Waals surface area contributed by atoms with Gasteiger partial charge in [-0.2, -0.15) is 4.31 Å². The van der Waals surface area contributed by atoms with Gasteiger partial charge in [-0.3, -0.25) is 14.2 Å². The molecule has 0 aromatic carbocycles. The number of piperazine rings is 1. The molecule has 13 heteroatoms. The van der Waals surface area contributed by atoms with E-state index in [4.69, 9.17) is 4.74 Å². The van der Waals surface area contributed by atoms with Gasteiger partial charge in [-0.05, 0) is 26.9 Å². The number of nitrogens with one attached hydrogen (secondary N) is 1. The van der Waals surface area contributed by atoms with Gasteiger partial charge in [0.25, 0.3) is 5.56 Å². The number of carbonyl (C=O) groups excluding carboxylic acids is 1.